The van der Waals surface area contributed by atoms with Gasteiger partial charge in [0.05, 0.1) is 18.4 Å². The van der Waals surface area contributed by atoms with Gasteiger partial charge in [0.15, 0.2) is 0 Å². The smallest absolute Gasteiger partial charge is 0.406 e. The van der Waals surface area contributed by atoms with Crippen molar-refractivity contribution in [1.29, 1.82) is 0 Å². The lowest BCUT2D eigenvalue weighted by atomic mass is 10.2. The number of esters is 1. The van der Waals surface area contributed by atoms with E-state index in [0.29, 0.717) is 9.44 Å². The number of halogens is 6. The molecule has 0 atom stereocenters. The van der Waals surface area contributed by atoms with Gasteiger partial charge in [-0.05, 0) is 33.3 Å². The SMILES string of the molecule is Cc1c(CNCC(=O)OC(C)(C)C)sc2c1c(=O)n(CC(F)(F)F)c(=O)n2CCC(F)(F)F. The second-order valence-electron chi connectivity index (χ2n) is 8.33. The van der Waals surface area contributed by atoms with Gasteiger partial charge in [-0.25, -0.2) is 4.79 Å². The first-order valence-corrected chi connectivity index (χ1v) is 10.5. The number of ether oxygens (including phenoxy) is 1. The Hall–Kier alpha value is -2.35. The summed E-state index contributed by atoms with van der Waals surface area (Å²) in [5.74, 6) is -0.573. The van der Waals surface area contributed by atoms with Gasteiger partial charge in [0, 0.05) is 18.0 Å². The van der Waals surface area contributed by atoms with E-state index >= 15 is 0 Å². The summed E-state index contributed by atoms with van der Waals surface area (Å²) in [4.78, 5) is 37.3. The first kappa shape index (κ1) is 26.9. The highest BCUT2D eigenvalue weighted by Crippen LogP contribution is 2.29. The minimum absolute atomic E-state index is 0.0173. The van der Waals surface area contributed by atoms with Crippen molar-refractivity contribution < 1.29 is 35.9 Å². The van der Waals surface area contributed by atoms with Crippen molar-refractivity contribution >= 4 is 27.5 Å². The number of aryl methyl sites for hydroxylation is 2. The topological polar surface area (TPSA) is 82.3 Å². The third-order valence-corrected chi connectivity index (χ3v) is 5.64. The average Bonchev–Trinajstić information content (AvgIpc) is 2.92. The van der Waals surface area contributed by atoms with E-state index in [-0.39, 0.29) is 33.4 Å². The Morgan fingerprint density at radius 1 is 1.03 bits per heavy atom. The number of hydrogen-bond acceptors (Lipinski definition) is 6. The van der Waals surface area contributed by atoms with Crippen molar-refractivity contribution in [2.45, 2.75) is 71.7 Å². The van der Waals surface area contributed by atoms with Crippen molar-refractivity contribution in [3.05, 3.63) is 31.3 Å². The zero-order valence-electron chi connectivity index (χ0n) is 18.2. The van der Waals surface area contributed by atoms with Crippen LogP contribution in [-0.4, -0.2) is 39.6 Å². The van der Waals surface area contributed by atoms with Gasteiger partial charge in [0.2, 0.25) is 0 Å². The molecule has 0 bridgehead atoms. The molecule has 0 amide bonds. The number of fused-ring (bicyclic) bond motifs is 1. The molecule has 0 spiro atoms. The van der Waals surface area contributed by atoms with Crippen molar-refractivity contribution in [2.75, 3.05) is 6.54 Å². The van der Waals surface area contributed by atoms with Gasteiger partial charge in [-0.2, -0.15) is 26.3 Å². The summed E-state index contributed by atoms with van der Waals surface area (Å²) in [5.41, 5.74) is -3.20. The summed E-state index contributed by atoms with van der Waals surface area (Å²) >= 11 is 0.807. The molecule has 33 heavy (non-hydrogen) atoms. The summed E-state index contributed by atoms with van der Waals surface area (Å²) < 4.78 is 82.6. The van der Waals surface area contributed by atoms with E-state index in [4.69, 9.17) is 4.74 Å². The number of carbonyl (C=O) groups is 1. The maximum absolute atomic E-state index is 12.9. The van der Waals surface area contributed by atoms with E-state index in [1.165, 1.54) is 6.92 Å². The van der Waals surface area contributed by atoms with Crippen LogP contribution in [0, 0.1) is 6.92 Å². The number of carbonyl (C=O) groups excluding carboxylic acids is 1. The van der Waals surface area contributed by atoms with Crippen LogP contribution in [0.2, 0.25) is 0 Å². The van der Waals surface area contributed by atoms with Gasteiger partial charge in [-0.15, -0.1) is 11.3 Å². The predicted octanol–water partition coefficient (Wildman–Crippen LogP) is 3.48. The Labute approximate surface area is 187 Å². The van der Waals surface area contributed by atoms with Gasteiger partial charge in [-0.1, -0.05) is 0 Å². The summed E-state index contributed by atoms with van der Waals surface area (Å²) in [6.45, 7) is 3.34. The first-order valence-electron chi connectivity index (χ1n) is 9.71. The molecule has 0 aliphatic heterocycles. The van der Waals surface area contributed by atoms with Gasteiger partial charge >= 0.3 is 24.0 Å². The number of nitrogens with zero attached hydrogens (tertiary/aromatic N) is 2. The van der Waals surface area contributed by atoms with Crippen LogP contribution in [0.3, 0.4) is 0 Å². The molecule has 2 aromatic heterocycles. The monoisotopic (exact) mass is 503 g/mol. The Bertz CT molecular complexity index is 1140. The van der Waals surface area contributed by atoms with Crippen LogP contribution >= 0.6 is 11.3 Å². The van der Waals surface area contributed by atoms with E-state index in [9.17, 15) is 40.7 Å². The quantitative estimate of drug-likeness (QED) is 0.462. The molecule has 0 saturated carbocycles. The standard InChI is InChI=1S/C19H23F6N3O4S/c1-10-11(7-26-8-12(29)32-17(2,3)4)33-15-13(10)14(30)28(9-19(23,24)25)16(31)27(15)6-5-18(20,21)22/h26H,5-9H2,1-4H3. The maximum atomic E-state index is 12.9. The zero-order chi connectivity index (χ0) is 25.4. The third kappa shape index (κ3) is 7.32. The van der Waals surface area contributed by atoms with Crippen LogP contribution in [-0.2, 0) is 29.2 Å². The molecule has 2 heterocycles. The number of aromatic nitrogens is 2. The van der Waals surface area contributed by atoms with Crippen molar-refractivity contribution in [2.24, 2.45) is 0 Å². The fourth-order valence-corrected chi connectivity index (χ4v) is 4.30. The Morgan fingerprint density at radius 3 is 2.15 bits per heavy atom. The van der Waals surface area contributed by atoms with E-state index < -0.39 is 54.7 Å². The largest absolute Gasteiger partial charge is 0.459 e. The molecular formula is C19H23F6N3O4S. The molecule has 0 unspecified atom stereocenters. The lowest BCUT2D eigenvalue weighted by molar-refractivity contribution is -0.153. The second kappa shape index (κ2) is 9.49. The van der Waals surface area contributed by atoms with E-state index in [0.717, 1.165) is 11.3 Å². The summed E-state index contributed by atoms with van der Waals surface area (Å²) in [5, 5.41) is 2.50. The molecule has 0 aromatic carbocycles. The fraction of sp³-hybridized carbons (Fsp3) is 0.632. The highest BCUT2D eigenvalue weighted by molar-refractivity contribution is 7.18. The molecule has 0 saturated heterocycles. The highest BCUT2D eigenvalue weighted by atomic mass is 32.1. The lowest BCUT2D eigenvalue weighted by Gasteiger charge is -2.19. The second-order valence-corrected chi connectivity index (χ2v) is 9.41. The number of hydrogen-bond donors (Lipinski definition) is 1. The molecule has 0 fully saturated rings. The van der Waals surface area contributed by atoms with E-state index in [1.807, 2.05) is 0 Å². The normalized spacial score (nSPS) is 13.0. The van der Waals surface area contributed by atoms with Crippen molar-refractivity contribution in [3.8, 4) is 0 Å². The van der Waals surface area contributed by atoms with Crippen LogP contribution in [0.15, 0.2) is 9.59 Å². The zero-order valence-corrected chi connectivity index (χ0v) is 19.1. The minimum atomic E-state index is -4.93. The van der Waals surface area contributed by atoms with Gasteiger partial charge in [-0.3, -0.25) is 18.7 Å². The molecule has 2 aromatic rings. The number of alkyl halides is 6. The van der Waals surface area contributed by atoms with E-state index in [2.05, 4.69) is 5.32 Å². The summed E-state index contributed by atoms with van der Waals surface area (Å²) in [6.07, 6.45) is -11.1. The van der Waals surface area contributed by atoms with Crippen LogP contribution in [0.1, 0.15) is 37.6 Å². The summed E-state index contributed by atoms with van der Waals surface area (Å²) in [6, 6.07) is 0. The average molecular weight is 503 g/mol. The number of nitrogens with one attached hydrogen (secondary N) is 1. The summed E-state index contributed by atoms with van der Waals surface area (Å²) in [7, 11) is 0. The first-order chi connectivity index (χ1) is 14.9. The van der Waals surface area contributed by atoms with Crippen molar-refractivity contribution in [3.63, 3.8) is 0 Å². The van der Waals surface area contributed by atoms with Crippen LogP contribution in [0.5, 0.6) is 0 Å². The predicted molar refractivity (Wildman–Crippen MR) is 109 cm³/mol. The Balaban J connectivity index is 2.49. The number of thiophene rings is 1. The van der Waals surface area contributed by atoms with Gasteiger partial charge < -0.3 is 10.1 Å². The Kier molecular flexibility index (Phi) is 7.73. The lowest BCUT2D eigenvalue weighted by Crippen LogP contribution is -2.43. The fourth-order valence-electron chi connectivity index (χ4n) is 3.02. The minimum Gasteiger partial charge on any atom is -0.459 e. The molecular weight excluding hydrogens is 480 g/mol. The van der Waals surface area contributed by atoms with Crippen LogP contribution in [0.25, 0.3) is 10.2 Å². The molecule has 0 aliphatic carbocycles. The molecule has 186 valence electrons. The third-order valence-electron chi connectivity index (χ3n) is 4.32. The molecule has 2 rings (SSSR count). The van der Waals surface area contributed by atoms with Gasteiger partial charge in [0.25, 0.3) is 5.56 Å². The molecule has 0 aliphatic rings. The van der Waals surface area contributed by atoms with Crippen LogP contribution in [0.4, 0.5) is 26.3 Å². The molecule has 7 nitrogen and oxygen atoms in total. The van der Waals surface area contributed by atoms with E-state index in [1.54, 1.807) is 20.8 Å². The highest BCUT2D eigenvalue weighted by Gasteiger charge is 2.33. The molecule has 1 N–H and O–H groups in total. The molecule has 14 heteroatoms. The number of rotatable bonds is 7. The van der Waals surface area contributed by atoms with Crippen LogP contribution < -0.4 is 16.6 Å². The Morgan fingerprint density at radius 2 is 1.64 bits per heavy atom. The molecule has 0 radical (unpaired) electrons. The van der Waals surface area contributed by atoms with Crippen molar-refractivity contribution in [1.82, 2.24) is 14.5 Å². The van der Waals surface area contributed by atoms with Gasteiger partial charge in [0.1, 0.15) is 17.0 Å². The maximum Gasteiger partial charge on any atom is 0.406 e.